The van der Waals surface area contributed by atoms with Crippen LogP contribution < -0.4 is 4.90 Å². The number of piperazine rings is 1. The molecule has 5 rings (SSSR count). The minimum atomic E-state index is -0.237. The highest BCUT2D eigenvalue weighted by Crippen LogP contribution is 2.33. The highest BCUT2D eigenvalue weighted by Gasteiger charge is 2.42. The van der Waals surface area contributed by atoms with E-state index in [4.69, 9.17) is 0 Å². The molecule has 0 bridgehead atoms. The zero-order valence-electron chi connectivity index (χ0n) is 17.7. The average molecular weight is 425 g/mol. The maximum Gasteiger partial charge on any atom is 0.278 e. The molecule has 32 heavy (non-hydrogen) atoms. The van der Waals surface area contributed by atoms with Crippen LogP contribution in [0.2, 0.25) is 0 Å². The summed E-state index contributed by atoms with van der Waals surface area (Å²) in [6, 6.07) is 23.5. The molecule has 3 heterocycles. The topological polar surface area (TPSA) is 56.8 Å². The third-order valence-corrected chi connectivity index (χ3v) is 6.01. The number of benzene rings is 2. The molecule has 0 aliphatic carbocycles. The first kappa shape index (κ1) is 20.0. The third-order valence-electron chi connectivity index (χ3n) is 6.01. The summed E-state index contributed by atoms with van der Waals surface area (Å²) in [6.45, 7) is 3.19. The van der Waals surface area contributed by atoms with Crippen LogP contribution >= 0.6 is 0 Å². The summed E-state index contributed by atoms with van der Waals surface area (Å²) in [4.78, 5) is 36.8. The van der Waals surface area contributed by atoms with E-state index in [1.54, 1.807) is 12.4 Å². The quantitative estimate of drug-likeness (QED) is 0.589. The zero-order chi connectivity index (χ0) is 21.9. The number of rotatable bonds is 5. The first-order valence-corrected chi connectivity index (χ1v) is 10.8. The Kier molecular flexibility index (Phi) is 5.42. The minimum Gasteiger partial charge on any atom is -0.368 e. The fourth-order valence-electron chi connectivity index (χ4n) is 4.36. The molecule has 0 unspecified atom stereocenters. The van der Waals surface area contributed by atoms with E-state index in [-0.39, 0.29) is 18.4 Å². The van der Waals surface area contributed by atoms with Crippen LogP contribution in [0, 0.1) is 0 Å². The Morgan fingerprint density at radius 3 is 1.94 bits per heavy atom. The number of carbonyl (C=O) groups excluding carboxylic acids is 2. The lowest BCUT2D eigenvalue weighted by molar-refractivity contribution is -0.138. The number of aromatic nitrogens is 1. The highest BCUT2D eigenvalue weighted by atomic mass is 16.2. The molecule has 0 atom stereocenters. The molecular formula is C26H24N4O2. The lowest BCUT2D eigenvalue weighted by Crippen LogP contribution is -2.47. The molecule has 6 nitrogen and oxygen atoms in total. The molecule has 0 saturated carbocycles. The fourth-order valence-corrected chi connectivity index (χ4v) is 4.36. The normalized spacial score (nSPS) is 16.8. The summed E-state index contributed by atoms with van der Waals surface area (Å²) in [6.07, 6.45) is 3.35. The van der Waals surface area contributed by atoms with Crippen LogP contribution in [0.15, 0.2) is 90.9 Å². The standard InChI is InChI=1S/C26H24N4O2/c31-25-23(21-7-3-1-4-8-21)24(26(32)30(25)19-20-11-13-27-14-12-20)29-17-15-28(16-18-29)22-9-5-2-6-10-22/h1-14H,15-19H2. The Morgan fingerprint density at radius 1 is 0.688 bits per heavy atom. The molecule has 3 aromatic rings. The number of hydrogen-bond acceptors (Lipinski definition) is 5. The van der Waals surface area contributed by atoms with Crippen molar-refractivity contribution < 1.29 is 9.59 Å². The first-order valence-electron chi connectivity index (χ1n) is 10.8. The molecule has 0 N–H and O–H groups in total. The van der Waals surface area contributed by atoms with E-state index < -0.39 is 0 Å². The van der Waals surface area contributed by atoms with Crippen molar-refractivity contribution in [1.82, 2.24) is 14.8 Å². The summed E-state index contributed by atoms with van der Waals surface area (Å²) < 4.78 is 0. The average Bonchev–Trinajstić information content (AvgIpc) is 3.10. The summed E-state index contributed by atoms with van der Waals surface area (Å²) in [5.41, 5.74) is 3.85. The van der Waals surface area contributed by atoms with Gasteiger partial charge in [0.05, 0.1) is 12.1 Å². The van der Waals surface area contributed by atoms with E-state index in [0.717, 1.165) is 24.2 Å². The Bertz CT molecular complexity index is 1140. The number of imide groups is 1. The Balaban J connectivity index is 1.44. The smallest absolute Gasteiger partial charge is 0.278 e. The van der Waals surface area contributed by atoms with Gasteiger partial charge in [-0.2, -0.15) is 0 Å². The van der Waals surface area contributed by atoms with E-state index in [2.05, 4.69) is 26.9 Å². The Morgan fingerprint density at radius 2 is 1.28 bits per heavy atom. The number of amides is 2. The monoisotopic (exact) mass is 424 g/mol. The number of pyridine rings is 1. The Hall–Kier alpha value is -3.93. The van der Waals surface area contributed by atoms with Crippen LogP contribution in [0.3, 0.4) is 0 Å². The maximum atomic E-state index is 13.5. The molecule has 2 amide bonds. The van der Waals surface area contributed by atoms with E-state index in [1.807, 2.05) is 60.7 Å². The molecule has 1 saturated heterocycles. The molecule has 1 aromatic heterocycles. The van der Waals surface area contributed by atoms with Gasteiger partial charge in [0.1, 0.15) is 5.70 Å². The van der Waals surface area contributed by atoms with Crippen molar-refractivity contribution in [3.63, 3.8) is 0 Å². The van der Waals surface area contributed by atoms with Crippen LogP contribution in [-0.2, 0) is 16.1 Å². The molecule has 6 heteroatoms. The van der Waals surface area contributed by atoms with Crippen molar-refractivity contribution in [2.45, 2.75) is 6.54 Å². The highest BCUT2D eigenvalue weighted by molar-refractivity contribution is 6.35. The minimum absolute atomic E-state index is 0.223. The van der Waals surface area contributed by atoms with Gasteiger partial charge in [-0.15, -0.1) is 0 Å². The van der Waals surface area contributed by atoms with Gasteiger partial charge in [-0.25, -0.2) is 0 Å². The predicted octanol–water partition coefficient (Wildman–Crippen LogP) is 3.18. The van der Waals surface area contributed by atoms with Crippen molar-refractivity contribution in [1.29, 1.82) is 0 Å². The number of nitrogens with zero attached hydrogens (tertiary/aromatic N) is 4. The van der Waals surface area contributed by atoms with E-state index in [9.17, 15) is 9.59 Å². The van der Waals surface area contributed by atoms with Crippen molar-refractivity contribution >= 4 is 23.1 Å². The van der Waals surface area contributed by atoms with Gasteiger partial charge in [0.15, 0.2) is 0 Å². The second-order valence-corrected chi connectivity index (χ2v) is 7.95. The van der Waals surface area contributed by atoms with Gasteiger partial charge in [0, 0.05) is 44.3 Å². The summed E-state index contributed by atoms with van der Waals surface area (Å²) in [5.74, 6) is -0.461. The summed E-state index contributed by atoms with van der Waals surface area (Å²) in [5, 5.41) is 0. The van der Waals surface area contributed by atoms with Gasteiger partial charge in [0.2, 0.25) is 0 Å². The van der Waals surface area contributed by atoms with Crippen molar-refractivity contribution in [2.24, 2.45) is 0 Å². The van der Waals surface area contributed by atoms with Gasteiger partial charge in [-0.3, -0.25) is 19.5 Å². The maximum absolute atomic E-state index is 13.5. The number of hydrogen-bond donors (Lipinski definition) is 0. The number of carbonyl (C=O) groups is 2. The van der Waals surface area contributed by atoms with Crippen molar-refractivity contribution in [3.8, 4) is 0 Å². The summed E-state index contributed by atoms with van der Waals surface area (Å²) >= 11 is 0. The lowest BCUT2D eigenvalue weighted by atomic mass is 10.0. The van der Waals surface area contributed by atoms with Gasteiger partial charge in [0.25, 0.3) is 11.8 Å². The molecule has 2 aliphatic heterocycles. The van der Waals surface area contributed by atoms with Gasteiger partial charge in [-0.1, -0.05) is 48.5 Å². The SMILES string of the molecule is O=C1C(c2ccccc2)=C(N2CCN(c3ccccc3)CC2)C(=O)N1Cc1ccncc1. The van der Waals surface area contributed by atoms with E-state index in [1.165, 1.54) is 10.6 Å². The first-order chi connectivity index (χ1) is 15.7. The van der Waals surface area contributed by atoms with Gasteiger partial charge in [-0.05, 0) is 35.4 Å². The van der Waals surface area contributed by atoms with Crippen molar-refractivity contribution in [2.75, 3.05) is 31.1 Å². The van der Waals surface area contributed by atoms with Crippen LogP contribution in [0.5, 0.6) is 0 Å². The lowest BCUT2D eigenvalue weighted by Gasteiger charge is -2.37. The number of anilines is 1. The van der Waals surface area contributed by atoms with E-state index >= 15 is 0 Å². The molecular weight excluding hydrogens is 400 g/mol. The second-order valence-electron chi connectivity index (χ2n) is 7.95. The third kappa shape index (κ3) is 3.75. The van der Waals surface area contributed by atoms with Crippen LogP contribution in [0.25, 0.3) is 5.57 Å². The molecule has 0 radical (unpaired) electrons. The van der Waals surface area contributed by atoms with Crippen LogP contribution in [-0.4, -0.2) is 52.8 Å². The van der Waals surface area contributed by atoms with Crippen molar-refractivity contribution in [3.05, 3.63) is 102 Å². The molecule has 1 fully saturated rings. The zero-order valence-corrected chi connectivity index (χ0v) is 17.7. The van der Waals surface area contributed by atoms with Gasteiger partial charge >= 0.3 is 0 Å². The molecule has 2 aliphatic rings. The van der Waals surface area contributed by atoms with Crippen LogP contribution in [0.1, 0.15) is 11.1 Å². The van der Waals surface area contributed by atoms with Gasteiger partial charge < -0.3 is 9.80 Å². The molecule has 0 spiro atoms. The molecule has 160 valence electrons. The largest absolute Gasteiger partial charge is 0.368 e. The van der Waals surface area contributed by atoms with Crippen LogP contribution in [0.4, 0.5) is 5.69 Å². The van der Waals surface area contributed by atoms with E-state index in [0.29, 0.717) is 24.4 Å². The Labute approximate surface area is 187 Å². The second kappa shape index (κ2) is 8.67. The summed E-state index contributed by atoms with van der Waals surface area (Å²) in [7, 11) is 0. The fraction of sp³-hybridized carbons (Fsp3) is 0.192. The molecule has 2 aromatic carbocycles. The predicted molar refractivity (Wildman–Crippen MR) is 123 cm³/mol. The number of para-hydroxylation sites is 1.